The summed E-state index contributed by atoms with van der Waals surface area (Å²) in [5.74, 6) is 0. The lowest BCUT2D eigenvalue weighted by Gasteiger charge is -2.14. The number of aromatic amines is 1. The monoisotopic (exact) mass is 287 g/mol. The second-order valence-corrected chi connectivity index (χ2v) is 4.87. The van der Waals surface area contributed by atoms with Crippen LogP contribution in [0.1, 0.15) is 12.5 Å². The molecular weight excluding hydrogens is 270 g/mol. The van der Waals surface area contributed by atoms with Crippen LogP contribution in [-0.2, 0) is 11.2 Å². The van der Waals surface area contributed by atoms with Crippen LogP contribution in [0.3, 0.4) is 0 Å². The molecule has 1 aromatic heterocycles. The number of aromatic nitrogens is 1. The van der Waals surface area contributed by atoms with Crippen molar-refractivity contribution in [3.8, 4) is 0 Å². The van der Waals surface area contributed by atoms with Crippen LogP contribution < -0.4 is 10.6 Å². The summed E-state index contributed by atoms with van der Waals surface area (Å²) in [7, 11) is 0. The highest BCUT2D eigenvalue weighted by atomic mass is 32.1. The second kappa shape index (κ2) is 6.86. The average Bonchev–Trinajstić information content (AvgIpc) is 2.91. The molecule has 0 fully saturated rings. The molecule has 1 atom stereocenters. The molecule has 1 aromatic carbocycles. The molecule has 0 aliphatic carbocycles. The third kappa shape index (κ3) is 3.68. The number of fused-ring (bicyclic) bond motifs is 1. The molecule has 1 unspecified atom stereocenters. The van der Waals surface area contributed by atoms with Gasteiger partial charge in [-0.1, -0.05) is 12.1 Å². The quantitative estimate of drug-likeness (QED) is 0.583. The minimum atomic E-state index is -0.336. The largest absolute Gasteiger partial charge is 0.361 e. The van der Waals surface area contributed by atoms with E-state index in [1.807, 2.05) is 37.4 Å². The maximum Gasteiger partial charge on any atom is 0.170 e. The molecule has 0 bridgehead atoms. The number of hydrogen-bond donors (Lipinski definition) is 3. The van der Waals surface area contributed by atoms with Gasteiger partial charge in [0.1, 0.15) is 6.29 Å². The number of benzene rings is 1. The molecule has 4 nitrogen and oxygen atoms in total. The zero-order valence-electron chi connectivity index (χ0n) is 11.2. The lowest BCUT2D eigenvalue weighted by molar-refractivity contribution is -0.109. The van der Waals surface area contributed by atoms with E-state index in [2.05, 4.69) is 21.7 Å². The number of aldehydes is 1. The summed E-state index contributed by atoms with van der Waals surface area (Å²) in [5.41, 5.74) is 2.19. The Hall–Kier alpha value is -2.14. The molecule has 0 saturated heterocycles. The van der Waals surface area contributed by atoms with E-state index in [1.54, 1.807) is 6.20 Å². The third-order valence-electron chi connectivity index (χ3n) is 2.94. The number of carbonyl (C=O) groups is 1. The van der Waals surface area contributed by atoms with Gasteiger partial charge < -0.3 is 20.4 Å². The number of rotatable bonds is 5. The van der Waals surface area contributed by atoms with E-state index in [9.17, 15) is 4.79 Å². The Bertz CT molecular complexity index is 633. The molecule has 0 spiro atoms. The number of hydrogen-bond acceptors (Lipinski definition) is 2. The number of H-pyrrole nitrogens is 1. The van der Waals surface area contributed by atoms with E-state index in [-0.39, 0.29) is 6.04 Å². The Kier molecular flexibility index (Phi) is 4.90. The highest BCUT2D eigenvalue weighted by Crippen LogP contribution is 2.15. The summed E-state index contributed by atoms with van der Waals surface area (Å²) in [6.45, 7) is 1.89. The van der Waals surface area contributed by atoms with E-state index < -0.39 is 0 Å². The van der Waals surface area contributed by atoms with E-state index in [0.29, 0.717) is 11.5 Å². The van der Waals surface area contributed by atoms with Gasteiger partial charge in [-0.25, -0.2) is 0 Å². The van der Waals surface area contributed by atoms with E-state index in [0.717, 1.165) is 22.8 Å². The van der Waals surface area contributed by atoms with Crippen molar-refractivity contribution < 1.29 is 4.79 Å². The fourth-order valence-electron chi connectivity index (χ4n) is 1.99. The number of thiocarbonyl (C=S) groups is 1. The van der Waals surface area contributed by atoms with Gasteiger partial charge in [-0.15, -0.1) is 0 Å². The lowest BCUT2D eigenvalue weighted by Crippen LogP contribution is -2.42. The molecule has 0 amide bonds. The van der Waals surface area contributed by atoms with Crippen LogP contribution in [0, 0.1) is 0 Å². The van der Waals surface area contributed by atoms with Crippen LogP contribution in [0.5, 0.6) is 0 Å². The third-order valence-corrected chi connectivity index (χ3v) is 3.17. The van der Waals surface area contributed by atoms with Gasteiger partial charge in [0.2, 0.25) is 0 Å². The number of nitrogens with one attached hydrogen (secondary N) is 3. The van der Waals surface area contributed by atoms with Crippen molar-refractivity contribution >= 4 is 34.5 Å². The molecule has 0 aliphatic rings. The summed E-state index contributed by atoms with van der Waals surface area (Å²) < 4.78 is 0. The zero-order chi connectivity index (χ0) is 14.4. The van der Waals surface area contributed by atoms with Crippen LogP contribution in [0.2, 0.25) is 0 Å². The fraction of sp³-hybridized carbons (Fsp3) is 0.200. The van der Waals surface area contributed by atoms with Crippen molar-refractivity contribution in [1.29, 1.82) is 0 Å². The first-order valence-corrected chi connectivity index (χ1v) is 6.83. The molecular formula is C15H17N3OS. The van der Waals surface area contributed by atoms with Gasteiger partial charge in [0, 0.05) is 11.7 Å². The van der Waals surface area contributed by atoms with Gasteiger partial charge >= 0.3 is 0 Å². The Labute approximate surface area is 123 Å². The number of carbonyl (C=O) groups excluding carboxylic acids is 1. The van der Waals surface area contributed by atoms with Crippen LogP contribution in [0.15, 0.2) is 42.7 Å². The zero-order valence-corrected chi connectivity index (χ0v) is 12.0. The molecule has 0 radical (unpaired) electrons. The van der Waals surface area contributed by atoms with Crippen molar-refractivity contribution in [3.63, 3.8) is 0 Å². The summed E-state index contributed by atoms with van der Waals surface area (Å²) >= 11 is 5.10. The predicted molar refractivity (Wildman–Crippen MR) is 85.5 cm³/mol. The summed E-state index contributed by atoms with van der Waals surface area (Å²) in [6, 6.07) is 7.78. The second-order valence-electron chi connectivity index (χ2n) is 4.46. The van der Waals surface area contributed by atoms with Crippen molar-refractivity contribution in [2.45, 2.75) is 19.4 Å². The summed E-state index contributed by atoms with van der Waals surface area (Å²) in [4.78, 5) is 14.3. The Morgan fingerprint density at radius 1 is 1.45 bits per heavy atom. The van der Waals surface area contributed by atoms with Gasteiger partial charge in [0.25, 0.3) is 0 Å². The molecule has 2 rings (SSSR count). The Balaban J connectivity index is 2.01. The fourth-order valence-corrected chi connectivity index (χ4v) is 2.21. The van der Waals surface area contributed by atoms with Gasteiger partial charge in [-0.2, -0.15) is 0 Å². The first-order chi connectivity index (χ1) is 9.72. The normalized spacial score (nSPS) is 12.4. The summed E-state index contributed by atoms with van der Waals surface area (Å²) in [6.07, 6.45) is 6.94. The van der Waals surface area contributed by atoms with E-state index in [1.165, 1.54) is 0 Å². The molecule has 0 aliphatic heterocycles. The van der Waals surface area contributed by atoms with E-state index in [4.69, 9.17) is 12.2 Å². The van der Waals surface area contributed by atoms with Crippen molar-refractivity contribution in [1.82, 2.24) is 15.6 Å². The SMILES string of the molecule is C/C=C/NC(=S)NC(C=O)Cc1ccc2[nH]ccc2c1. The van der Waals surface area contributed by atoms with Gasteiger partial charge in [0.15, 0.2) is 5.11 Å². The molecule has 20 heavy (non-hydrogen) atoms. The molecule has 104 valence electrons. The van der Waals surface area contributed by atoms with Gasteiger partial charge in [-0.3, -0.25) is 0 Å². The van der Waals surface area contributed by atoms with Crippen LogP contribution in [-0.4, -0.2) is 22.4 Å². The van der Waals surface area contributed by atoms with Crippen molar-refractivity contribution in [2.24, 2.45) is 0 Å². The summed E-state index contributed by atoms with van der Waals surface area (Å²) in [5, 5.41) is 7.46. The minimum Gasteiger partial charge on any atom is -0.361 e. The maximum absolute atomic E-state index is 11.2. The molecule has 3 N–H and O–H groups in total. The highest BCUT2D eigenvalue weighted by molar-refractivity contribution is 7.80. The predicted octanol–water partition coefficient (Wildman–Crippen LogP) is 2.28. The standard InChI is InChI=1S/C15H17N3OS/c1-2-6-17-15(20)18-13(10-19)9-11-3-4-14-12(8-11)5-7-16-14/h2-8,10,13,16H,9H2,1H3,(H2,17,18,20)/b6-2+. The van der Waals surface area contributed by atoms with Crippen LogP contribution >= 0.6 is 12.2 Å². The van der Waals surface area contributed by atoms with Crippen LogP contribution in [0.4, 0.5) is 0 Å². The number of allylic oxidation sites excluding steroid dienone is 1. The molecule has 1 heterocycles. The van der Waals surface area contributed by atoms with Crippen molar-refractivity contribution in [2.75, 3.05) is 0 Å². The maximum atomic E-state index is 11.2. The molecule has 2 aromatic rings. The van der Waals surface area contributed by atoms with Gasteiger partial charge in [-0.05, 0) is 60.9 Å². The highest BCUT2D eigenvalue weighted by Gasteiger charge is 2.10. The van der Waals surface area contributed by atoms with Gasteiger partial charge in [0.05, 0.1) is 6.04 Å². The lowest BCUT2D eigenvalue weighted by atomic mass is 10.1. The average molecular weight is 287 g/mol. The minimum absolute atomic E-state index is 0.336. The van der Waals surface area contributed by atoms with Crippen LogP contribution in [0.25, 0.3) is 10.9 Å². The van der Waals surface area contributed by atoms with Crippen molar-refractivity contribution in [3.05, 3.63) is 48.3 Å². The molecule has 5 heteroatoms. The Morgan fingerprint density at radius 3 is 3.05 bits per heavy atom. The Morgan fingerprint density at radius 2 is 2.30 bits per heavy atom. The first-order valence-electron chi connectivity index (χ1n) is 6.42. The molecule has 0 saturated carbocycles. The van der Waals surface area contributed by atoms with E-state index >= 15 is 0 Å². The smallest absolute Gasteiger partial charge is 0.170 e. The first kappa shape index (κ1) is 14.3. The topological polar surface area (TPSA) is 56.9 Å².